The summed E-state index contributed by atoms with van der Waals surface area (Å²) in [7, 11) is 0. The van der Waals surface area contributed by atoms with Gasteiger partial charge >= 0.3 is 0 Å². The zero-order valence-corrected chi connectivity index (χ0v) is 18.6. The fourth-order valence-corrected chi connectivity index (χ4v) is 4.29. The zero-order valence-electron chi connectivity index (χ0n) is 17.8. The molecule has 1 unspecified atom stereocenters. The van der Waals surface area contributed by atoms with Crippen LogP contribution in [0.1, 0.15) is 30.9 Å². The number of carbonyl (C=O) groups is 2. The molecular formula is C24H26ClN5O2. The van der Waals surface area contributed by atoms with Crippen LogP contribution in [0, 0.1) is 0 Å². The average Bonchev–Trinajstić information content (AvgIpc) is 3.27. The number of hydrogen-bond donors (Lipinski definition) is 3. The fraction of sp³-hybridized carbons (Fsp3) is 0.292. The molecule has 1 saturated heterocycles. The lowest BCUT2D eigenvalue weighted by Gasteiger charge is -2.32. The molecule has 3 aromatic rings. The number of benzene rings is 2. The number of carbonyl (C=O) groups excluding carboxylic acids is 2. The first-order valence-corrected chi connectivity index (χ1v) is 10.9. The number of aromatic nitrogens is 1. The van der Waals surface area contributed by atoms with E-state index in [0.717, 1.165) is 22.8 Å². The van der Waals surface area contributed by atoms with Crippen molar-refractivity contribution >= 4 is 40.0 Å². The van der Waals surface area contributed by atoms with Crippen LogP contribution in [0.3, 0.4) is 0 Å². The molecular weight excluding hydrogens is 426 g/mol. The van der Waals surface area contributed by atoms with Gasteiger partial charge in [0.1, 0.15) is 17.4 Å². The molecule has 5 N–H and O–H groups in total. The second-order valence-electron chi connectivity index (χ2n) is 8.34. The molecule has 0 saturated carbocycles. The minimum Gasteiger partial charge on any atom is -0.383 e. The molecule has 0 aliphatic carbocycles. The van der Waals surface area contributed by atoms with Gasteiger partial charge in [-0.3, -0.25) is 9.59 Å². The molecule has 2 heterocycles. The summed E-state index contributed by atoms with van der Waals surface area (Å²) in [6.07, 6.45) is 3.02. The van der Waals surface area contributed by atoms with Crippen molar-refractivity contribution in [2.45, 2.75) is 37.9 Å². The lowest BCUT2D eigenvalue weighted by Crippen LogP contribution is -2.55. The SMILES string of the molecule is CC(N)(C(=O)N1CCC[C@H]1C(=O)NCc1ccc2c(N)nccc2c1)c1ccc(Cl)cc1. The first-order chi connectivity index (χ1) is 15.3. The highest BCUT2D eigenvalue weighted by molar-refractivity contribution is 6.30. The molecule has 2 aromatic carbocycles. The first-order valence-electron chi connectivity index (χ1n) is 10.5. The highest BCUT2D eigenvalue weighted by Crippen LogP contribution is 2.27. The number of amides is 2. The minimum absolute atomic E-state index is 0.183. The predicted molar refractivity (Wildman–Crippen MR) is 126 cm³/mol. The molecule has 1 aromatic heterocycles. The van der Waals surface area contributed by atoms with Gasteiger partial charge in [0.25, 0.3) is 0 Å². The van der Waals surface area contributed by atoms with E-state index < -0.39 is 11.6 Å². The highest BCUT2D eigenvalue weighted by atomic mass is 35.5. The Morgan fingerprint density at radius 2 is 1.97 bits per heavy atom. The molecule has 2 atom stereocenters. The van der Waals surface area contributed by atoms with Crippen molar-refractivity contribution in [1.29, 1.82) is 0 Å². The van der Waals surface area contributed by atoms with Crippen LogP contribution in [-0.2, 0) is 21.7 Å². The van der Waals surface area contributed by atoms with Crippen molar-refractivity contribution in [2.75, 3.05) is 12.3 Å². The number of hydrogen-bond acceptors (Lipinski definition) is 5. The average molecular weight is 452 g/mol. The summed E-state index contributed by atoms with van der Waals surface area (Å²) in [5.74, 6) is 0.0203. The van der Waals surface area contributed by atoms with Gasteiger partial charge in [-0.1, -0.05) is 35.9 Å². The van der Waals surface area contributed by atoms with E-state index >= 15 is 0 Å². The number of nitrogens with two attached hydrogens (primary N) is 2. The van der Waals surface area contributed by atoms with Crippen molar-refractivity contribution in [3.63, 3.8) is 0 Å². The van der Waals surface area contributed by atoms with E-state index in [2.05, 4.69) is 10.3 Å². The maximum Gasteiger partial charge on any atom is 0.247 e. The van der Waals surface area contributed by atoms with Crippen LogP contribution in [0.15, 0.2) is 54.7 Å². The van der Waals surface area contributed by atoms with Gasteiger partial charge < -0.3 is 21.7 Å². The normalized spacial score (nSPS) is 17.8. The summed E-state index contributed by atoms with van der Waals surface area (Å²) in [6, 6.07) is 14.0. The van der Waals surface area contributed by atoms with Gasteiger partial charge in [0.05, 0.1) is 0 Å². The molecule has 0 spiro atoms. The van der Waals surface area contributed by atoms with E-state index in [-0.39, 0.29) is 11.8 Å². The van der Waals surface area contributed by atoms with E-state index in [1.807, 2.05) is 24.3 Å². The Morgan fingerprint density at radius 3 is 2.72 bits per heavy atom. The summed E-state index contributed by atoms with van der Waals surface area (Å²) >= 11 is 5.96. The van der Waals surface area contributed by atoms with Gasteiger partial charge in [-0.2, -0.15) is 0 Å². The Balaban J connectivity index is 1.45. The quantitative estimate of drug-likeness (QED) is 0.551. The number of halogens is 1. The third kappa shape index (κ3) is 4.26. The summed E-state index contributed by atoms with van der Waals surface area (Å²) in [5.41, 5.74) is 12.7. The highest BCUT2D eigenvalue weighted by Gasteiger charge is 2.41. The summed E-state index contributed by atoms with van der Waals surface area (Å²) < 4.78 is 0. The second kappa shape index (κ2) is 8.76. The van der Waals surface area contributed by atoms with Gasteiger partial charge in [0, 0.05) is 29.7 Å². The van der Waals surface area contributed by atoms with Gasteiger partial charge in [0.15, 0.2) is 0 Å². The molecule has 0 radical (unpaired) electrons. The minimum atomic E-state index is -1.25. The van der Waals surface area contributed by atoms with Crippen molar-refractivity contribution < 1.29 is 9.59 Å². The third-order valence-electron chi connectivity index (χ3n) is 6.03. The Kier molecular flexibility index (Phi) is 6.04. The molecule has 1 aliphatic rings. The number of rotatable bonds is 5. The topological polar surface area (TPSA) is 114 Å². The van der Waals surface area contributed by atoms with E-state index in [1.165, 1.54) is 0 Å². The van der Waals surface area contributed by atoms with Crippen molar-refractivity contribution in [2.24, 2.45) is 5.73 Å². The van der Waals surface area contributed by atoms with Crippen LogP contribution in [0.5, 0.6) is 0 Å². The summed E-state index contributed by atoms with van der Waals surface area (Å²) in [6.45, 7) is 2.52. The van der Waals surface area contributed by atoms with Crippen LogP contribution in [0.25, 0.3) is 10.8 Å². The maximum atomic E-state index is 13.3. The molecule has 0 bridgehead atoms. The zero-order chi connectivity index (χ0) is 22.9. The summed E-state index contributed by atoms with van der Waals surface area (Å²) in [4.78, 5) is 31.9. The second-order valence-corrected chi connectivity index (χ2v) is 8.77. The number of likely N-dealkylation sites (tertiary alicyclic amines) is 1. The fourth-order valence-electron chi connectivity index (χ4n) is 4.17. The molecule has 1 fully saturated rings. The number of nitrogens with one attached hydrogen (secondary N) is 1. The van der Waals surface area contributed by atoms with Crippen LogP contribution in [0.2, 0.25) is 5.02 Å². The van der Waals surface area contributed by atoms with Gasteiger partial charge in [-0.05, 0) is 60.5 Å². The molecule has 166 valence electrons. The number of nitrogens with zero attached hydrogens (tertiary/aromatic N) is 2. The van der Waals surface area contributed by atoms with Crippen LogP contribution >= 0.6 is 11.6 Å². The van der Waals surface area contributed by atoms with Crippen LogP contribution < -0.4 is 16.8 Å². The lowest BCUT2D eigenvalue weighted by atomic mass is 9.91. The standard InChI is InChI=1S/C24H26ClN5O2/c1-24(27,17-5-7-18(25)8-6-17)23(32)30-12-2-3-20(30)22(31)29-14-15-4-9-19-16(13-15)10-11-28-21(19)26/h4-11,13,20H,2-3,12,14,27H2,1H3,(H2,26,28)(H,29,31)/t20-,24?/m0/s1. The molecule has 1 aliphatic heterocycles. The van der Waals surface area contributed by atoms with Crippen LogP contribution in [-0.4, -0.2) is 34.3 Å². The Morgan fingerprint density at radius 1 is 1.22 bits per heavy atom. The van der Waals surface area contributed by atoms with Crippen molar-refractivity contribution in [3.05, 3.63) is 70.9 Å². The Labute approximate surface area is 191 Å². The van der Waals surface area contributed by atoms with E-state index in [4.69, 9.17) is 23.1 Å². The maximum absolute atomic E-state index is 13.3. The van der Waals surface area contributed by atoms with Crippen LogP contribution in [0.4, 0.5) is 5.82 Å². The Hall–Kier alpha value is -3.16. The third-order valence-corrected chi connectivity index (χ3v) is 6.28. The molecule has 4 rings (SSSR count). The van der Waals surface area contributed by atoms with Gasteiger partial charge in [0.2, 0.25) is 11.8 Å². The number of nitrogen functional groups attached to an aromatic ring is 1. The molecule has 32 heavy (non-hydrogen) atoms. The number of fused-ring (bicyclic) bond motifs is 1. The molecule has 7 nitrogen and oxygen atoms in total. The lowest BCUT2D eigenvalue weighted by molar-refractivity contribution is -0.142. The van der Waals surface area contributed by atoms with Gasteiger partial charge in [-0.15, -0.1) is 0 Å². The number of anilines is 1. The van der Waals surface area contributed by atoms with Crippen molar-refractivity contribution in [1.82, 2.24) is 15.2 Å². The largest absolute Gasteiger partial charge is 0.383 e. The van der Waals surface area contributed by atoms with E-state index in [1.54, 1.807) is 42.3 Å². The molecule has 2 amide bonds. The van der Waals surface area contributed by atoms with E-state index in [0.29, 0.717) is 35.9 Å². The molecule has 8 heteroatoms. The number of pyridine rings is 1. The monoisotopic (exact) mass is 451 g/mol. The Bertz CT molecular complexity index is 1160. The predicted octanol–water partition coefficient (Wildman–Crippen LogP) is 2.95. The smallest absolute Gasteiger partial charge is 0.247 e. The van der Waals surface area contributed by atoms with Gasteiger partial charge in [-0.25, -0.2) is 4.98 Å². The van der Waals surface area contributed by atoms with Crippen molar-refractivity contribution in [3.8, 4) is 0 Å². The van der Waals surface area contributed by atoms with E-state index in [9.17, 15) is 9.59 Å². The summed E-state index contributed by atoms with van der Waals surface area (Å²) in [5, 5.41) is 5.37. The first kappa shape index (κ1) is 22.0.